The first-order valence-corrected chi connectivity index (χ1v) is 4.35. The first kappa shape index (κ1) is 13.1. The van der Waals surface area contributed by atoms with Crippen LogP contribution in [0.5, 0.6) is 0 Å². The molecule has 1 rings (SSSR count). The quantitative estimate of drug-likeness (QED) is 0.537. The Morgan fingerprint density at radius 1 is 1.28 bits per heavy atom. The molecule has 18 heavy (non-hydrogen) atoms. The van der Waals surface area contributed by atoms with Gasteiger partial charge in [0.1, 0.15) is 6.54 Å². The molecule has 12 nitrogen and oxygen atoms in total. The zero-order chi connectivity index (χ0) is 13.9. The highest BCUT2D eigenvalue weighted by Gasteiger charge is 2.28. The Hall–Kier alpha value is -2.92. The molecule has 0 saturated heterocycles. The van der Waals surface area contributed by atoms with Crippen molar-refractivity contribution in [2.24, 2.45) is 0 Å². The van der Waals surface area contributed by atoms with Crippen molar-refractivity contribution in [3.8, 4) is 0 Å². The van der Waals surface area contributed by atoms with Gasteiger partial charge in [-0.25, -0.2) is 0 Å². The molecule has 0 aliphatic heterocycles. The fourth-order valence-corrected chi connectivity index (χ4v) is 1.10. The summed E-state index contributed by atoms with van der Waals surface area (Å²) in [4.78, 5) is 31.5. The van der Waals surface area contributed by atoms with Crippen LogP contribution in [0.2, 0.25) is 0 Å². The summed E-state index contributed by atoms with van der Waals surface area (Å²) in [5.41, 5.74) is 0.128. The molecule has 0 spiro atoms. The van der Waals surface area contributed by atoms with Crippen LogP contribution in [-0.2, 0) is 6.54 Å². The molecule has 1 aromatic heterocycles. The van der Waals surface area contributed by atoms with Crippen molar-refractivity contribution in [3.63, 3.8) is 0 Å². The van der Waals surface area contributed by atoms with Gasteiger partial charge >= 0.3 is 11.9 Å². The summed E-state index contributed by atoms with van der Waals surface area (Å²) in [5, 5.41) is 34.4. The average Bonchev–Trinajstić information content (AvgIpc) is 2.60. The fourth-order valence-electron chi connectivity index (χ4n) is 1.10. The molecular formula is C6H6N6O6. The van der Waals surface area contributed by atoms with Crippen LogP contribution in [0.4, 0.5) is 11.9 Å². The van der Waals surface area contributed by atoms with E-state index in [2.05, 4.69) is 10.1 Å². The monoisotopic (exact) mass is 258 g/mol. The van der Waals surface area contributed by atoms with Gasteiger partial charge in [0.25, 0.3) is 0 Å². The summed E-state index contributed by atoms with van der Waals surface area (Å²) in [6.07, 6.45) is 0.622. The SMILES string of the molecule is CC(=C[N+](=O)[O-])Cn1nc([N+](=O)[O-])nc1[N+](=O)[O-]. The number of hydrogen-bond donors (Lipinski definition) is 0. The first-order chi connectivity index (χ1) is 8.31. The number of allylic oxidation sites excluding steroid dienone is 1. The summed E-state index contributed by atoms with van der Waals surface area (Å²) in [6.45, 7) is 0.998. The Labute approximate surface area is 98.0 Å². The van der Waals surface area contributed by atoms with Crippen LogP contribution >= 0.6 is 0 Å². The third-order valence-corrected chi connectivity index (χ3v) is 1.69. The summed E-state index contributed by atoms with van der Waals surface area (Å²) in [6, 6.07) is 0. The van der Waals surface area contributed by atoms with Gasteiger partial charge in [-0.3, -0.25) is 10.1 Å². The number of nitro groups is 3. The minimum absolute atomic E-state index is 0.128. The molecule has 0 aromatic carbocycles. The van der Waals surface area contributed by atoms with Crippen LogP contribution in [0, 0.1) is 30.3 Å². The van der Waals surface area contributed by atoms with E-state index in [-0.39, 0.29) is 12.1 Å². The second kappa shape index (κ2) is 4.94. The van der Waals surface area contributed by atoms with Crippen molar-refractivity contribution < 1.29 is 14.8 Å². The van der Waals surface area contributed by atoms with E-state index in [4.69, 9.17) is 0 Å². The van der Waals surface area contributed by atoms with Crippen molar-refractivity contribution in [2.45, 2.75) is 13.5 Å². The minimum atomic E-state index is -0.990. The van der Waals surface area contributed by atoms with Gasteiger partial charge in [0.2, 0.25) is 6.20 Å². The van der Waals surface area contributed by atoms with Crippen LogP contribution in [0.1, 0.15) is 6.92 Å². The molecule has 0 unspecified atom stereocenters. The third kappa shape index (κ3) is 3.03. The van der Waals surface area contributed by atoms with Crippen molar-refractivity contribution >= 4 is 11.9 Å². The lowest BCUT2D eigenvalue weighted by atomic mass is 10.3. The van der Waals surface area contributed by atoms with Crippen LogP contribution in [0.25, 0.3) is 0 Å². The number of rotatable bonds is 5. The maximum absolute atomic E-state index is 10.6. The topological polar surface area (TPSA) is 160 Å². The molecule has 96 valence electrons. The maximum Gasteiger partial charge on any atom is 0.508 e. The van der Waals surface area contributed by atoms with Gasteiger partial charge in [0, 0.05) is 10.6 Å². The predicted molar refractivity (Wildman–Crippen MR) is 54.1 cm³/mol. The molecule has 0 aliphatic rings. The Balaban J connectivity index is 3.11. The maximum atomic E-state index is 10.6. The van der Waals surface area contributed by atoms with Gasteiger partial charge in [-0.15, -0.1) is 0 Å². The van der Waals surface area contributed by atoms with Crippen molar-refractivity contribution in [3.05, 3.63) is 42.1 Å². The van der Waals surface area contributed by atoms with Crippen LogP contribution < -0.4 is 0 Å². The molecule has 0 aliphatic carbocycles. The van der Waals surface area contributed by atoms with Gasteiger partial charge in [0.15, 0.2) is 0 Å². The number of nitrogens with zero attached hydrogens (tertiary/aromatic N) is 6. The molecule has 0 bridgehead atoms. The second-order valence-corrected chi connectivity index (χ2v) is 3.14. The van der Waals surface area contributed by atoms with E-state index in [1.165, 1.54) is 6.92 Å². The van der Waals surface area contributed by atoms with E-state index in [0.717, 1.165) is 0 Å². The van der Waals surface area contributed by atoms with E-state index >= 15 is 0 Å². The van der Waals surface area contributed by atoms with Gasteiger partial charge in [-0.2, -0.15) is 0 Å². The molecule has 0 N–H and O–H groups in total. The Bertz CT molecular complexity index is 547. The van der Waals surface area contributed by atoms with Crippen molar-refractivity contribution in [1.82, 2.24) is 14.8 Å². The number of hydrogen-bond acceptors (Lipinski definition) is 8. The zero-order valence-corrected chi connectivity index (χ0v) is 8.92. The fraction of sp³-hybridized carbons (Fsp3) is 0.333. The zero-order valence-electron chi connectivity index (χ0n) is 8.92. The smallest absolute Gasteiger partial charge is 0.390 e. The standard InChI is InChI=1S/C6H6N6O6/c1-4(3-10(13)14)2-9-6(12(17)18)7-5(8-9)11(15)16/h3H,2H2,1H3. The minimum Gasteiger partial charge on any atom is -0.390 e. The molecule has 1 heterocycles. The van der Waals surface area contributed by atoms with Gasteiger partial charge in [-0.05, 0) is 16.8 Å². The summed E-state index contributed by atoms with van der Waals surface area (Å²) in [7, 11) is 0. The predicted octanol–water partition coefficient (Wildman–Crippen LogP) is 0.275. The highest BCUT2D eigenvalue weighted by atomic mass is 16.6. The van der Waals surface area contributed by atoms with Crippen LogP contribution in [-0.4, -0.2) is 29.5 Å². The summed E-state index contributed by atoms with van der Waals surface area (Å²) < 4.78 is 0.619. The summed E-state index contributed by atoms with van der Waals surface area (Å²) in [5.74, 6) is -1.78. The molecule has 12 heteroatoms. The Kier molecular flexibility index (Phi) is 3.61. The first-order valence-electron chi connectivity index (χ1n) is 4.35. The Morgan fingerprint density at radius 2 is 1.89 bits per heavy atom. The van der Waals surface area contributed by atoms with Crippen LogP contribution in [0.3, 0.4) is 0 Å². The van der Waals surface area contributed by atoms with Gasteiger partial charge in [-0.1, -0.05) is 4.68 Å². The van der Waals surface area contributed by atoms with E-state index in [0.29, 0.717) is 10.9 Å². The highest BCUT2D eigenvalue weighted by Crippen LogP contribution is 2.14. The third-order valence-electron chi connectivity index (χ3n) is 1.69. The molecule has 0 radical (unpaired) electrons. The van der Waals surface area contributed by atoms with E-state index in [9.17, 15) is 30.3 Å². The largest absolute Gasteiger partial charge is 0.508 e. The lowest BCUT2D eigenvalue weighted by molar-refractivity contribution is -0.404. The highest BCUT2D eigenvalue weighted by molar-refractivity contribution is 5.15. The second-order valence-electron chi connectivity index (χ2n) is 3.14. The van der Waals surface area contributed by atoms with Crippen molar-refractivity contribution in [1.29, 1.82) is 0 Å². The summed E-state index contributed by atoms with van der Waals surface area (Å²) >= 11 is 0. The van der Waals surface area contributed by atoms with E-state index < -0.39 is 26.7 Å². The molecule has 1 aromatic rings. The van der Waals surface area contributed by atoms with E-state index in [1.54, 1.807) is 0 Å². The van der Waals surface area contributed by atoms with E-state index in [1.807, 2.05) is 0 Å². The lowest BCUT2D eigenvalue weighted by Crippen LogP contribution is -2.07. The van der Waals surface area contributed by atoms with Gasteiger partial charge < -0.3 is 20.2 Å². The molecule has 0 saturated carbocycles. The normalized spacial score (nSPS) is 11.3. The Morgan fingerprint density at radius 3 is 2.33 bits per heavy atom. The number of aromatic nitrogens is 3. The molecule has 0 fully saturated rings. The lowest BCUT2D eigenvalue weighted by Gasteiger charge is -1.94. The average molecular weight is 258 g/mol. The van der Waals surface area contributed by atoms with Crippen LogP contribution in [0.15, 0.2) is 11.8 Å². The molecular weight excluding hydrogens is 252 g/mol. The van der Waals surface area contributed by atoms with Crippen molar-refractivity contribution in [2.75, 3.05) is 0 Å². The van der Waals surface area contributed by atoms with Gasteiger partial charge in [0.05, 0.1) is 10.0 Å². The molecule has 0 amide bonds. The molecule has 0 atom stereocenters.